The summed E-state index contributed by atoms with van der Waals surface area (Å²) in [6.07, 6.45) is 3.65. The second kappa shape index (κ2) is 12.3. The number of nitrogens with zero attached hydrogens (tertiary/aromatic N) is 2. The van der Waals surface area contributed by atoms with E-state index >= 15 is 0 Å². The molecule has 9 nitrogen and oxygen atoms in total. The van der Waals surface area contributed by atoms with Crippen molar-refractivity contribution in [3.63, 3.8) is 0 Å². The Morgan fingerprint density at radius 3 is 2.61 bits per heavy atom. The molecule has 31 heavy (non-hydrogen) atoms. The normalized spacial score (nSPS) is 12.7. The number of benzene rings is 1. The van der Waals surface area contributed by atoms with E-state index in [1.807, 2.05) is 13.8 Å². The minimum atomic E-state index is -3.65. The minimum Gasteiger partial charge on any atom is -0.396 e. The van der Waals surface area contributed by atoms with Crippen molar-refractivity contribution in [2.24, 2.45) is 5.92 Å². The molecular weight excluding hydrogens is 486 g/mol. The van der Waals surface area contributed by atoms with Crippen LogP contribution in [0.2, 0.25) is 0 Å². The lowest BCUT2D eigenvalue weighted by Gasteiger charge is -2.21. The Bertz CT molecular complexity index is 943. The van der Waals surface area contributed by atoms with Gasteiger partial charge in [-0.1, -0.05) is 19.9 Å². The topological polar surface area (TPSA) is 136 Å². The highest BCUT2D eigenvalue weighted by atomic mass is 79.9. The molecule has 0 spiro atoms. The molecule has 0 aliphatic rings. The first-order valence-corrected chi connectivity index (χ1v) is 12.4. The van der Waals surface area contributed by atoms with Crippen LogP contribution in [-0.4, -0.2) is 54.4 Å². The molecule has 0 fully saturated rings. The second-order valence-corrected chi connectivity index (χ2v) is 10.0. The lowest BCUT2D eigenvalue weighted by molar-refractivity contribution is 0.249. The van der Waals surface area contributed by atoms with Crippen LogP contribution in [0.3, 0.4) is 0 Å². The van der Waals surface area contributed by atoms with Gasteiger partial charge in [0, 0.05) is 25.0 Å². The van der Waals surface area contributed by atoms with Crippen LogP contribution in [0.25, 0.3) is 0 Å². The fraction of sp³-hybridized carbons (Fsp3) is 0.500. The Kier molecular flexibility index (Phi) is 10.1. The Hall–Kier alpha value is -1.79. The summed E-state index contributed by atoms with van der Waals surface area (Å²) in [6, 6.07) is 6.23. The van der Waals surface area contributed by atoms with Crippen molar-refractivity contribution < 1.29 is 18.6 Å². The molecule has 0 aliphatic heterocycles. The molecule has 1 aromatic carbocycles. The predicted octanol–water partition coefficient (Wildman–Crippen LogP) is 2.85. The standard InChI is InChI=1S/C20H30BrN5O4S/c1-14(2)18(13-28)25-19-17(21)12-22-20(26-19)24-15-7-6-8-16(11-15)31(29,30)23-9-4-3-5-10-27/h6-8,11-12,14,18,23,27-28H,3-5,9-10,13H2,1-2H3,(H2,22,24,25,26)/t18-/m0/s1. The van der Waals surface area contributed by atoms with Crippen molar-refractivity contribution in [3.8, 4) is 0 Å². The largest absolute Gasteiger partial charge is 0.396 e. The number of aliphatic hydroxyl groups is 2. The number of anilines is 3. The van der Waals surface area contributed by atoms with Gasteiger partial charge in [0.1, 0.15) is 5.82 Å². The maximum atomic E-state index is 12.5. The predicted molar refractivity (Wildman–Crippen MR) is 125 cm³/mol. The lowest BCUT2D eigenvalue weighted by Crippen LogP contribution is -2.30. The maximum absolute atomic E-state index is 12.5. The van der Waals surface area contributed by atoms with Crippen LogP contribution in [-0.2, 0) is 10.0 Å². The van der Waals surface area contributed by atoms with Crippen LogP contribution in [0.1, 0.15) is 33.1 Å². The first-order chi connectivity index (χ1) is 14.8. The number of nitrogens with one attached hydrogen (secondary N) is 3. The average molecular weight is 516 g/mol. The van der Waals surface area contributed by atoms with E-state index in [4.69, 9.17) is 5.11 Å². The Morgan fingerprint density at radius 1 is 1.16 bits per heavy atom. The summed E-state index contributed by atoms with van der Waals surface area (Å²) in [5, 5.41) is 24.6. The van der Waals surface area contributed by atoms with Crippen LogP contribution in [0.4, 0.5) is 17.5 Å². The van der Waals surface area contributed by atoms with Crippen molar-refractivity contribution in [1.29, 1.82) is 0 Å². The molecule has 0 aliphatic carbocycles. The van der Waals surface area contributed by atoms with Crippen molar-refractivity contribution >= 4 is 43.4 Å². The van der Waals surface area contributed by atoms with Crippen LogP contribution in [0.5, 0.6) is 0 Å². The van der Waals surface area contributed by atoms with Gasteiger partial charge in [-0.15, -0.1) is 0 Å². The van der Waals surface area contributed by atoms with Gasteiger partial charge >= 0.3 is 0 Å². The zero-order chi connectivity index (χ0) is 22.9. The van der Waals surface area contributed by atoms with Crippen LogP contribution in [0.15, 0.2) is 39.8 Å². The number of rotatable bonds is 13. The third kappa shape index (κ3) is 8.00. The summed E-state index contributed by atoms with van der Waals surface area (Å²) in [4.78, 5) is 8.79. The fourth-order valence-corrected chi connectivity index (χ4v) is 4.13. The van der Waals surface area contributed by atoms with E-state index in [9.17, 15) is 13.5 Å². The van der Waals surface area contributed by atoms with Crippen LogP contribution in [0, 0.1) is 5.92 Å². The molecule has 0 amide bonds. The first-order valence-electron chi connectivity index (χ1n) is 10.1. The highest BCUT2D eigenvalue weighted by Crippen LogP contribution is 2.24. The third-order valence-corrected chi connectivity index (χ3v) is 6.63. The summed E-state index contributed by atoms with van der Waals surface area (Å²) in [7, 11) is -3.65. The number of sulfonamides is 1. The van der Waals surface area contributed by atoms with E-state index in [0.717, 1.165) is 6.42 Å². The van der Waals surface area contributed by atoms with Gasteiger partial charge in [-0.05, 0) is 59.3 Å². The molecule has 2 rings (SSSR count). The van der Waals surface area contributed by atoms with Crippen molar-refractivity contribution in [2.75, 3.05) is 30.4 Å². The summed E-state index contributed by atoms with van der Waals surface area (Å²) < 4.78 is 28.3. The monoisotopic (exact) mass is 515 g/mol. The zero-order valence-corrected chi connectivity index (χ0v) is 20.1. The Morgan fingerprint density at radius 2 is 1.94 bits per heavy atom. The number of halogens is 1. The minimum absolute atomic E-state index is 0.0379. The van der Waals surface area contributed by atoms with E-state index in [1.54, 1.807) is 18.3 Å². The lowest BCUT2D eigenvalue weighted by atomic mass is 10.1. The molecule has 0 bridgehead atoms. The SMILES string of the molecule is CC(C)[C@H](CO)Nc1nc(Nc2cccc(S(=O)(=O)NCCCCCO)c2)ncc1Br. The highest BCUT2D eigenvalue weighted by Gasteiger charge is 2.16. The van der Waals surface area contributed by atoms with Gasteiger partial charge in [-0.2, -0.15) is 4.98 Å². The van der Waals surface area contributed by atoms with E-state index < -0.39 is 10.0 Å². The highest BCUT2D eigenvalue weighted by molar-refractivity contribution is 9.10. The summed E-state index contributed by atoms with van der Waals surface area (Å²) in [6.45, 7) is 4.37. The quantitative estimate of drug-likeness (QED) is 0.257. The molecule has 5 N–H and O–H groups in total. The van der Waals surface area contributed by atoms with Gasteiger partial charge in [0.25, 0.3) is 0 Å². The van der Waals surface area contributed by atoms with Crippen molar-refractivity contribution in [1.82, 2.24) is 14.7 Å². The molecule has 0 unspecified atom stereocenters. The van der Waals surface area contributed by atoms with E-state index in [-0.39, 0.29) is 36.0 Å². The average Bonchev–Trinajstić information content (AvgIpc) is 2.74. The molecular formula is C20H30BrN5O4S. The first kappa shape index (κ1) is 25.5. The van der Waals surface area contributed by atoms with Gasteiger partial charge in [-0.25, -0.2) is 18.1 Å². The van der Waals surface area contributed by atoms with Gasteiger partial charge in [0.2, 0.25) is 16.0 Å². The molecule has 1 aromatic heterocycles. The number of aliphatic hydroxyl groups excluding tert-OH is 2. The van der Waals surface area contributed by atoms with Gasteiger partial charge in [0.15, 0.2) is 0 Å². The molecule has 2 aromatic rings. The number of hydrogen-bond donors (Lipinski definition) is 5. The van der Waals surface area contributed by atoms with E-state index in [1.165, 1.54) is 12.1 Å². The van der Waals surface area contributed by atoms with Crippen LogP contribution < -0.4 is 15.4 Å². The zero-order valence-electron chi connectivity index (χ0n) is 17.7. The second-order valence-electron chi connectivity index (χ2n) is 7.40. The fourth-order valence-electron chi connectivity index (χ4n) is 2.70. The molecule has 1 atom stereocenters. The number of aromatic nitrogens is 2. The van der Waals surface area contributed by atoms with Crippen LogP contribution >= 0.6 is 15.9 Å². The number of hydrogen-bond acceptors (Lipinski definition) is 8. The summed E-state index contributed by atoms with van der Waals surface area (Å²) in [5.74, 6) is 1.01. The summed E-state index contributed by atoms with van der Waals surface area (Å²) in [5.41, 5.74) is 0.527. The molecule has 0 saturated carbocycles. The van der Waals surface area contributed by atoms with Gasteiger partial charge in [-0.3, -0.25) is 0 Å². The summed E-state index contributed by atoms with van der Waals surface area (Å²) >= 11 is 3.40. The van der Waals surface area contributed by atoms with Gasteiger partial charge in [0.05, 0.1) is 22.0 Å². The molecule has 0 saturated heterocycles. The molecule has 172 valence electrons. The molecule has 0 radical (unpaired) electrons. The Labute approximate surface area is 191 Å². The molecule has 1 heterocycles. The molecule has 11 heteroatoms. The van der Waals surface area contributed by atoms with E-state index in [2.05, 4.69) is 41.3 Å². The number of unbranched alkanes of at least 4 members (excludes halogenated alkanes) is 2. The van der Waals surface area contributed by atoms with Crippen molar-refractivity contribution in [3.05, 3.63) is 34.9 Å². The van der Waals surface area contributed by atoms with Crippen molar-refractivity contribution in [2.45, 2.75) is 44.0 Å². The third-order valence-electron chi connectivity index (χ3n) is 4.60. The van der Waals surface area contributed by atoms with E-state index in [0.29, 0.717) is 35.4 Å². The maximum Gasteiger partial charge on any atom is 0.240 e. The Balaban J connectivity index is 2.11. The smallest absolute Gasteiger partial charge is 0.240 e. The van der Waals surface area contributed by atoms with Gasteiger partial charge < -0.3 is 20.8 Å².